The molecule has 7 nitrogen and oxygen atoms in total. The number of aliphatic hydroxyl groups is 1. The van der Waals surface area contributed by atoms with E-state index < -0.39 is 0 Å². The van der Waals surface area contributed by atoms with E-state index in [0.717, 1.165) is 23.1 Å². The predicted octanol–water partition coefficient (Wildman–Crippen LogP) is 3.45. The second-order valence-corrected chi connectivity index (χ2v) is 8.05. The largest absolute Gasteiger partial charge is 0.488 e. The maximum absolute atomic E-state index is 9.96. The van der Waals surface area contributed by atoms with Gasteiger partial charge in [0.25, 0.3) is 0 Å². The molecule has 0 saturated heterocycles. The van der Waals surface area contributed by atoms with E-state index >= 15 is 0 Å². The van der Waals surface area contributed by atoms with Crippen molar-refractivity contribution >= 4 is 17.6 Å². The van der Waals surface area contributed by atoms with Crippen LogP contribution in [0.2, 0.25) is 0 Å². The third kappa shape index (κ3) is 4.17. The molecule has 3 aromatic rings. The number of thioether (sulfide) groups is 1. The summed E-state index contributed by atoms with van der Waals surface area (Å²) < 4.78 is 5.79. The molecule has 1 aliphatic heterocycles. The molecule has 4 rings (SSSR count). The van der Waals surface area contributed by atoms with Crippen LogP contribution in [0.15, 0.2) is 47.8 Å². The smallest absolute Gasteiger partial charge is 0.143 e. The Kier molecular flexibility index (Phi) is 6.03. The predicted molar refractivity (Wildman–Crippen MR) is 117 cm³/mol. The van der Waals surface area contributed by atoms with Gasteiger partial charge >= 0.3 is 0 Å². The van der Waals surface area contributed by atoms with Crippen molar-refractivity contribution in [3.63, 3.8) is 0 Å². The van der Waals surface area contributed by atoms with Crippen molar-refractivity contribution in [3.8, 4) is 29.0 Å². The number of aryl methyl sites for hydroxylation is 1. The molecule has 0 spiro atoms. The summed E-state index contributed by atoms with van der Waals surface area (Å²) in [5, 5.41) is 29.5. The van der Waals surface area contributed by atoms with Crippen LogP contribution in [0.25, 0.3) is 11.1 Å². The lowest BCUT2D eigenvalue weighted by molar-refractivity contribution is 0.0978. The summed E-state index contributed by atoms with van der Waals surface area (Å²) in [6.07, 6.45) is 4.69. The maximum atomic E-state index is 9.96. The maximum Gasteiger partial charge on any atom is 0.143 e. The van der Waals surface area contributed by atoms with Crippen molar-refractivity contribution in [2.45, 2.75) is 29.7 Å². The average Bonchev–Trinajstić information content (AvgIpc) is 2.82. The summed E-state index contributed by atoms with van der Waals surface area (Å²) in [5.74, 6) is 1.37. The number of pyridine rings is 2. The molecule has 31 heavy (non-hydrogen) atoms. The summed E-state index contributed by atoms with van der Waals surface area (Å²) in [5.41, 5.74) is 9.79. The molecule has 8 heteroatoms. The Morgan fingerprint density at radius 2 is 2.06 bits per heavy atom. The van der Waals surface area contributed by atoms with Gasteiger partial charge in [-0.1, -0.05) is 12.1 Å². The SMILES string of the molecule is N#Cc1c(N)nc(SCc2cccnc2)c(C#N)c1-c1ccc2c(c1)CCC(CO)O2. The Bertz CT molecular complexity index is 1200. The quantitative estimate of drug-likeness (QED) is 0.590. The van der Waals surface area contributed by atoms with Crippen LogP contribution < -0.4 is 10.5 Å². The third-order valence-electron chi connectivity index (χ3n) is 5.10. The summed E-state index contributed by atoms with van der Waals surface area (Å²) in [7, 11) is 0. The van der Waals surface area contributed by atoms with E-state index in [0.29, 0.717) is 34.1 Å². The number of nitriles is 2. The number of anilines is 1. The number of rotatable bonds is 5. The molecular formula is C23H19N5O2S. The average molecular weight is 430 g/mol. The molecule has 0 bridgehead atoms. The van der Waals surface area contributed by atoms with Crippen LogP contribution in [-0.2, 0) is 12.2 Å². The second-order valence-electron chi connectivity index (χ2n) is 7.08. The minimum absolute atomic E-state index is 0.0310. The first-order chi connectivity index (χ1) is 15.1. The van der Waals surface area contributed by atoms with Gasteiger partial charge in [-0.25, -0.2) is 4.98 Å². The van der Waals surface area contributed by atoms with Crippen molar-refractivity contribution < 1.29 is 9.84 Å². The van der Waals surface area contributed by atoms with Gasteiger partial charge in [-0.3, -0.25) is 4.98 Å². The number of nitrogen functional groups attached to an aromatic ring is 1. The van der Waals surface area contributed by atoms with Crippen LogP contribution in [0.5, 0.6) is 5.75 Å². The van der Waals surface area contributed by atoms with Crippen LogP contribution in [0.4, 0.5) is 5.82 Å². The highest BCUT2D eigenvalue weighted by molar-refractivity contribution is 7.98. The monoisotopic (exact) mass is 429 g/mol. The number of hydrogen-bond donors (Lipinski definition) is 2. The lowest BCUT2D eigenvalue weighted by Gasteiger charge is -2.25. The zero-order chi connectivity index (χ0) is 21.8. The van der Waals surface area contributed by atoms with Crippen LogP contribution in [0.3, 0.4) is 0 Å². The Morgan fingerprint density at radius 3 is 2.77 bits per heavy atom. The molecule has 0 fully saturated rings. The number of fused-ring (bicyclic) bond motifs is 1. The number of hydrogen-bond acceptors (Lipinski definition) is 8. The molecule has 0 saturated carbocycles. The Morgan fingerprint density at radius 1 is 1.23 bits per heavy atom. The number of aromatic nitrogens is 2. The summed E-state index contributed by atoms with van der Waals surface area (Å²) in [6, 6.07) is 13.7. The van der Waals surface area contributed by atoms with E-state index in [1.807, 2.05) is 30.3 Å². The first-order valence-electron chi connectivity index (χ1n) is 9.70. The van der Waals surface area contributed by atoms with Gasteiger partial charge < -0.3 is 15.6 Å². The second kappa shape index (κ2) is 9.05. The Balaban J connectivity index is 1.77. The summed E-state index contributed by atoms with van der Waals surface area (Å²) in [6.45, 7) is -0.0310. The van der Waals surface area contributed by atoms with Gasteiger partial charge in [-0.15, -0.1) is 11.8 Å². The molecular weight excluding hydrogens is 410 g/mol. The number of benzene rings is 1. The molecule has 1 aliphatic rings. The van der Waals surface area contributed by atoms with Gasteiger partial charge in [0.1, 0.15) is 40.4 Å². The number of nitrogens with two attached hydrogens (primary N) is 1. The molecule has 0 aliphatic carbocycles. The molecule has 3 N–H and O–H groups in total. The van der Waals surface area contributed by atoms with Gasteiger partial charge in [-0.2, -0.15) is 10.5 Å². The molecule has 2 aromatic heterocycles. The van der Waals surface area contributed by atoms with Crippen LogP contribution >= 0.6 is 11.8 Å². The van der Waals surface area contributed by atoms with E-state index in [1.165, 1.54) is 11.8 Å². The molecule has 0 radical (unpaired) electrons. The number of nitrogens with zero attached hydrogens (tertiary/aromatic N) is 4. The number of aliphatic hydroxyl groups excluding tert-OH is 1. The van der Waals surface area contributed by atoms with Crippen molar-refractivity contribution in [2.75, 3.05) is 12.3 Å². The lowest BCUT2D eigenvalue weighted by atomic mass is 9.93. The molecule has 1 aromatic carbocycles. The topological polar surface area (TPSA) is 129 Å². The fraction of sp³-hybridized carbons (Fsp3) is 0.217. The highest BCUT2D eigenvalue weighted by atomic mass is 32.2. The third-order valence-corrected chi connectivity index (χ3v) is 6.14. The summed E-state index contributed by atoms with van der Waals surface area (Å²) >= 11 is 1.38. The van der Waals surface area contributed by atoms with Crippen LogP contribution in [0, 0.1) is 22.7 Å². The highest BCUT2D eigenvalue weighted by Gasteiger charge is 2.24. The first-order valence-corrected chi connectivity index (χ1v) is 10.7. The standard InChI is InChI=1S/C23H19N5O2S/c24-9-18-21(16-4-6-20-15(8-16)3-5-17(12-29)30-20)19(10-25)23(28-22(18)26)31-13-14-2-1-7-27-11-14/h1-2,4,6-8,11,17,29H,3,5,12-13H2,(H2,26,28). The Hall–Kier alpha value is -3.59. The van der Waals surface area contributed by atoms with Gasteiger partial charge in [0.2, 0.25) is 0 Å². The van der Waals surface area contributed by atoms with Crippen LogP contribution in [0.1, 0.15) is 28.7 Å². The molecule has 1 unspecified atom stereocenters. The van der Waals surface area contributed by atoms with Gasteiger partial charge in [0.15, 0.2) is 0 Å². The van der Waals surface area contributed by atoms with Gasteiger partial charge in [0.05, 0.1) is 12.2 Å². The Labute approximate surface area is 184 Å². The molecule has 154 valence electrons. The fourth-order valence-electron chi connectivity index (χ4n) is 3.56. The zero-order valence-electron chi connectivity index (χ0n) is 16.6. The molecule has 3 heterocycles. The van der Waals surface area contributed by atoms with Crippen molar-refractivity contribution in [2.24, 2.45) is 0 Å². The lowest BCUT2D eigenvalue weighted by Crippen LogP contribution is -2.26. The van der Waals surface area contributed by atoms with Crippen molar-refractivity contribution in [1.82, 2.24) is 9.97 Å². The first kappa shape index (κ1) is 20.7. The minimum Gasteiger partial charge on any atom is -0.488 e. The zero-order valence-corrected chi connectivity index (χ0v) is 17.4. The molecule has 0 amide bonds. The van der Waals surface area contributed by atoms with Crippen molar-refractivity contribution in [1.29, 1.82) is 10.5 Å². The van der Waals surface area contributed by atoms with E-state index in [2.05, 4.69) is 22.1 Å². The fourth-order valence-corrected chi connectivity index (χ4v) is 4.48. The van der Waals surface area contributed by atoms with Gasteiger partial charge in [-0.05, 0) is 47.7 Å². The molecule has 1 atom stereocenters. The highest BCUT2D eigenvalue weighted by Crippen LogP contribution is 2.39. The van der Waals surface area contributed by atoms with E-state index in [4.69, 9.17) is 10.5 Å². The van der Waals surface area contributed by atoms with E-state index in [-0.39, 0.29) is 24.1 Å². The van der Waals surface area contributed by atoms with Crippen LogP contribution in [-0.4, -0.2) is 27.8 Å². The van der Waals surface area contributed by atoms with Gasteiger partial charge in [0, 0.05) is 23.7 Å². The minimum atomic E-state index is -0.213. The van der Waals surface area contributed by atoms with E-state index in [1.54, 1.807) is 12.4 Å². The van der Waals surface area contributed by atoms with Crippen molar-refractivity contribution in [3.05, 3.63) is 65.0 Å². The number of ether oxygens (including phenoxy) is 1. The normalized spacial score (nSPS) is 14.7. The van der Waals surface area contributed by atoms with E-state index in [9.17, 15) is 15.6 Å². The summed E-state index contributed by atoms with van der Waals surface area (Å²) in [4.78, 5) is 8.46.